The highest BCUT2D eigenvalue weighted by Crippen LogP contribution is 2.28. The fraction of sp³-hybridized carbons (Fsp3) is 0.364. The van der Waals surface area contributed by atoms with Crippen LogP contribution in [0.3, 0.4) is 0 Å². The quantitative estimate of drug-likeness (QED) is 0.683. The molecule has 6 nitrogen and oxygen atoms in total. The number of carbonyl (C=O) groups excluding carboxylic acids is 1. The van der Waals surface area contributed by atoms with Gasteiger partial charge in [0.15, 0.2) is 0 Å². The number of hydrogen-bond donors (Lipinski definition) is 1. The molecule has 1 unspecified atom stereocenters. The summed E-state index contributed by atoms with van der Waals surface area (Å²) < 4.78 is 6.82. The van der Waals surface area contributed by atoms with E-state index in [-0.39, 0.29) is 24.2 Å². The first kappa shape index (κ1) is 19.9. The molecule has 1 amide bonds. The Bertz CT molecular complexity index is 1030. The summed E-state index contributed by atoms with van der Waals surface area (Å²) in [6, 6.07) is 13.3. The smallest absolute Gasteiger partial charge is 0.326 e. The second-order valence-corrected chi connectivity index (χ2v) is 7.04. The van der Waals surface area contributed by atoms with E-state index in [1.807, 2.05) is 56.3 Å². The summed E-state index contributed by atoms with van der Waals surface area (Å²) in [6.45, 7) is 6.42. The first-order chi connectivity index (χ1) is 13.5. The van der Waals surface area contributed by atoms with E-state index in [2.05, 4.69) is 11.9 Å². The topological polar surface area (TPSA) is 67.3 Å². The summed E-state index contributed by atoms with van der Waals surface area (Å²) in [6.07, 6.45) is 0.813. The third-order valence-electron chi connectivity index (χ3n) is 5.04. The molecule has 6 heteroatoms. The van der Waals surface area contributed by atoms with Gasteiger partial charge in [-0.2, -0.15) is 0 Å². The highest BCUT2D eigenvalue weighted by molar-refractivity contribution is 5.96. The molecule has 1 N–H and O–H groups in total. The predicted octanol–water partition coefficient (Wildman–Crippen LogP) is 3.27. The lowest BCUT2D eigenvalue weighted by Gasteiger charge is -2.32. The van der Waals surface area contributed by atoms with Crippen molar-refractivity contribution in [1.29, 1.82) is 0 Å². The van der Waals surface area contributed by atoms with Gasteiger partial charge in [-0.15, -0.1) is 0 Å². The van der Waals surface area contributed by atoms with Gasteiger partial charge in [-0.3, -0.25) is 9.36 Å². The van der Waals surface area contributed by atoms with Crippen molar-refractivity contribution >= 4 is 22.6 Å². The standard InChI is InChI=1S/C22H27N3O3/c1-5-17-10-8-9-15(2)21(17)25(16(3)14-28-4)20(26)13-24-19-12-7-6-11-18(19)23-22(24)27/h6-12,16H,5,13-14H2,1-4H3,(H,23,27). The number of para-hydroxylation sites is 3. The number of methoxy groups -OCH3 is 1. The van der Waals surface area contributed by atoms with E-state index in [9.17, 15) is 9.59 Å². The minimum atomic E-state index is -0.283. The molecule has 3 rings (SSSR count). The molecule has 0 radical (unpaired) electrons. The van der Waals surface area contributed by atoms with Gasteiger partial charge in [0.05, 0.1) is 29.4 Å². The van der Waals surface area contributed by atoms with Crippen LogP contribution in [0.15, 0.2) is 47.3 Å². The maximum absolute atomic E-state index is 13.4. The number of imidazole rings is 1. The van der Waals surface area contributed by atoms with Crippen molar-refractivity contribution in [2.24, 2.45) is 0 Å². The number of H-pyrrole nitrogens is 1. The van der Waals surface area contributed by atoms with Crippen molar-refractivity contribution in [2.75, 3.05) is 18.6 Å². The Hall–Kier alpha value is -2.86. The molecule has 0 spiro atoms. The molecular formula is C22H27N3O3. The number of nitrogens with zero attached hydrogens (tertiary/aromatic N) is 2. The summed E-state index contributed by atoms with van der Waals surface area (Å²) in [5, 5.41) is 0. The minimum absolute atomic E-state index is 0.0333. The number of amides is 1. The highest BCUT2D eigenvalue weighted by Gasteiger charge is 2.26. The number of fused-ring (bicyclic) bond motifs is 1. The molecule has 0 bridgehead atoms. The van der Waals surface area contributed by atoms with Crippen LogP contribution in [0.25, 0.3) is 11.0 Å². The number of anilines is 1. The van der Waals surface area contributed by atoms with E-state index in [0.717, 1.165) is 34.3 Å². The van der Waals surface area contributed by atoms with Gasteiger partial charge in [-0.25, -0.2) is 4.79 Å². The Labute approximate surface area is 164 Å². The molecule has 0 aliphatic rings. The third kappa shape index (κ3) is 3.73. The Balaban J connectivity index is 2.05. The van der Waals surface area contributed by atoms with E-state index < -0.39 is 0 Å². The van der Waals surface area contributed by atoms with E-state index in [0.29, 0.717) is 6.61 Å². The van der Waals surface area contributed by atoms with Crippen molar-refractivity contribution in [2.45, 2.75) is 39.8 Å². The zero-order valence-electron chi connectivity index (χ0n) is 16.9. The number of aromatic amines is 1. The first-order valence-corrected chi connectivity index (χ1v) is 9.55. The number of carbonyl (C=O) groups is 1. The zero-order valence-corrected chi connectivity index (χ0v) is 16.9. The molecular weight excluding hydrogens is 354 g/mol. The van der Waals surface area contributed by atoms with Gasteiger partial charge < -0.3 is 14.6 Å². The lowest BCUT2D eigenvalue weighted by Crippen LogP contribution is -2.44. The van der Waals surface area contributed by atoms with Crippen LogP contribution in [0.2, 0.25) is 0 Å². The largest absolute Gasteiger partial charge is 0.383 e. The van der Waals surface area contributed by atoms with Crippen LogP contribution < -0.4 is 10.6 Å². The maximum Gasteiger partial charge on any atom is 0.326 e. The normalized spacial score (nSPS) is 12.3. The second kappa shape index (κ2) is 8.44. The molecule has 2 aromatic carbocycles. The molecule has 0 aliphatic carbocycles. The lowest BCUT2D eigenvalue weighted by atomic mass is 10.0. The highest BCUT2D eigenvalue weighted by atomic mass is 16.5. The molecule has 3 aromatic rings. The van der Waals surface area contributed by atoms with Crippen molar-refractivity contribution in [3.05, 3.63) is 64.1 Å². The van der Waals surface area contributed by atoms with E-state index in [4.69, 9.17) is 4.74 Å². The number of benzene rings is 2. The van der Waals surface area contributed by atoms with E-state index >= 15 is 0 Å². The van der Waals surface area contributed by atoms with Crippen LogP contribution in [-0.4, -0.2) is 35.2 Å². The average molecular weight is 381 g/mol. The van der Waals surface area contributed by atoms with Gasteiger partial charge in [0.1, 0.15) is 6.54 Å². The number of rotatable bonds is 7. The monoisotopic (exact) mass is 381 g/mol. The predicted molar refractivity (Wildman–Crippen MR) is 112 cm³/mol. The van der Waals surface area contributed by atoms with Gasteiger partial charge in [0.25, 0.3) is 0 Å². The Kier molecular flexibility index (Phi) is 5.99. The van der Waals surface area contributed by atoms with Crippen LogP contribution in [0.4, 0.5) is 5.69 Å². The van der Waals surface area contributed by atoms with Crippen molar-refractivity contribution in [1.82, 2.24) is 9.55 Å². The Morgan fingerprint density at radius 2 is 1.96 bits per heavy atom. The lowest BCUT2D eigenvalue weighted by molar-refractivity contribution is -0.119. The fourth-order valence-corrected chi connectivity index (χ4v) is 3.73. The Morgan fingerprint density at radius 3 is 2.68 bits per heavy atom. The molecule has 1 atom stereocenters. The van der Waals surface area contributed by atoms with Gasteiger partial charge in [0.2, 0.25) is 5.91 Å². The number of nitrogens with one attached hydrogen (secondary N) is 1. The SMILES string of the molecule is CCc1cccc(C)c1N(C(=O)Cn1c(=O)[nH]c2ccccc21)C(C)COC. The van der Waals surface area contributed by atoms with Crippen molar-refractivity contribution in [3.8, 4) is 0 Å². The van der Waals surface area contributed by atoms with Crippen LogP contribution >= 0.6 is 0 Å². The number of hydrogen-bond acceptors (Lipinski definition) is 3. The molecule has 0 saturated carbocycles. The molecule has 0 saturated heterocycles. The second-order valence-electron chi connectivity index (χ2n) is 7.04. The van der Waals surface area contributed by atoms with Crippen LogP contribution in [0.1, 0.15) is 25.0 Å². The van der Waals surface area contributed by atoms with E-state index in [1.54, 1.807) is 12.0 Å². The number of aromatic nitrogens is 2. The third-order valence-corrected chi connectivity index (χ3v) is 5.04. The molecule has 0 fully saturated rings. The van der Waals surface area contributed by atoms with Crippen molar-refractivity contribution in [3.63, 3.8) is 0 Å². The van der Waals surface area contributed by atoms with Crippen molar-refractivity contribution < 1.29 is 9.53 Å². The number of aryl methyl sites for hydroxylation is 2. The summed E-state index contributed by atoms with van der Waals surface area (Å²) in [5.41, 5.74) is 4.20. The summed E-state index contributed by atoms with van der Waals surface area (Å²) in [7, 11) is 1.63. The molecule has 1 heterocycles. The average Bonchev–Trinajstić information content (AvgIpc) is 2.99. The van der Waals surface area contributed by atoms with Gasteiger partial charge in [-0.1, -0.05) is 37.3 Å². The molecule has 148 valence electrons. The van der Waals surface area contributed by atoms with E-state index in [1.165, 1.54) is 4.57 Å². The zero-order chi connectivity index (χ0) is 20.3. The maximum atomic E-state index is 13.4. The van der Waals surface area contributed by atoms with Gasteiger partial charge >= 0.3 is 5.69 Å². The van der Waals surface area contributed by atoms with Crippen LogP contribution in [-0.2, 0) is 22.5 Å². The van der Waals surface area contributed by atoms with Gasteiger partial charge in [-0.05, 0) is 43.5 Å². The van der Waals surface area contributed by atoms with Crippen LogP contribution in [0.5, 0.6) is 0 Å². The first-order valence-electron chi connectivity index (χ1n) is 9.55. The summed E-state index contributed by atoms with van der Waals surface area (Å²) >= 11 is 0. The summed E-state index contributed by atoms with van der Waals surface area (Å²) in [5.74, 6) is -0.139. The van der Waals surface area contributed by atoms with Crippen LogP contribution in [0, 0.1) is 6.92 Å². The molecule has 0 aliphatic heterocycles. The van der Waals surface area contributed by atoms with Gasteiger partial charge in [0, 0.05) is 7.11 Å². The molecule has 1 aromatic heterocycles. The Morgan fingerprint density at radius 1 is 1.21 bits per heavy atom. The summed E-state index contributed by atoms with van der Waals surface area (Å²) in [4.78, 5) is 30.5. The molecule has 28 heavy (non-hydrogen) atoms. The fourth-order valence-electron chi connectivity index (χ4n) is 3.73. The number of ether oxygens (including phenoxy) is 1. The minimum Gasteiger partial charge on any atom is -0.383 e.